The lowest BCUT2D eigenvalue weighted by atomic mass is 9.99. The minimum atomic E-state index is 0.659. The maximum absolute atomic E-state index is 4.50. The van der Waals surface area contributed by atoms with Crippen LogP contribution in [0.4, 0.5) is 11.6 Å². The molecule has 1 aromatic carbocycles. The highest BCUT2D eigenvalue weighted by Crippen LogP contribution is 2.29. The highest BCUT2D eigenvalue weighted by Gasteiger charge is 2.13. The van der Waals surface area contributed by atoms with Crippen molar-refractivity contribution < 1.29 is 0 Å². The molecule has 0 fully saturated rings. The van der Waals surface area contributed by atoms with E-state index in [4.69, 9.17) is 0 Å². The summed E-state index contributed by atoms with van der Waals surface area (Å²) < 4.78 is 1.81. The molecule has 7 heteroatoms. The Morgan fingerprint density at radius 1 is 1.09 bits per heavy atom. The van der Waals surface area contributed by atoms with Crippen LogP contribution in [-0.4, -0.2) is 29.9 Å². The number of allylic oxidation sites excluding steroid dienone is 1. The summed E-state index contributed by atoms with van der Waals surface area (Å²) in [5.41, 5.74) is 7.43. The molecular weight excluding hydrogens is 398 g/mol. The second-order valence-corrected chi connectivity index (χ2v) is 8.08. The van der Waals surface area contributed by atoms with Crippen LogP contribution in [0.5, 0.6) is 0 Å². The summed E-state index contributed by atoms with van der Waals surface area (Å²) in [4.78, 5) is 8.70. The van der Waals surface area contributed by atoms with Crippen molar-refractivity contribution in [1.29, 1.82) is 0 Å². The Hall–Kier alpha value is -3.74. The SMILES string of the molecule is C=C(CCCC)c1ccc(-c2[nH]nc(Nc3cc(-n4nc(C)cc4C)ncn3)c2C)cc1. The monoisotopic (exact) mass is 427 g/mol. The second-order valence-electron chi connectivity index (χ2n) is 8.08. The van der Waals surface area contributed by atoms with Crippen molar-refractivity contribution in [3.8, 4) is 17.1 Å². The highest BCUT2D eigenvalue weighted by atomic mass is 15.3. The van der Waals surface area contributed by atoms with Crippen LogP contribution in [0.15, 0.2) is 49.3 Å². The first-order valence-electron chi connectivity index (χ1n) is 10.9. The van der Waals surface area contributed by atoms with E-state index in [1.807, 2.05) is 32.9 Å². The van der Waals surface area contributed by atoms with Gasteiger partial charge in [-0.1, -0.05) is 44.2 Å². The van der Waals surface area contributed by atoms with Gasteiger partial charge in [-0.3, -0.25) is 5.10 Å². The van der Waals surface area contributed by atoms with Crippen molar-refractivity contribution in [3.05, 3.63) is 71.8 Å². The van der Waals surface area contributed by atoms with Crippen LogP contribution in [0, 0.1) is 20.8 Å². The van der Waals surface area contributed by atoms with E-state index < -0.39 is 0 Å². The minimum Gasteiger partial charge on any atom is -0.323 e. The molecular formula is C25H29N7. The van der Waals surface area contributed by atoms with Crippen molar-refractivity contribution in [3.63, 3.8) is 0 Å². The molecule has 0 amide bonds. The molecule has 0 saturated heterocycles. The summed E-state index contributed by atoms with van der Waals surface area (Å²) >= 11 is 0. The predicted octanol–water partition coefficient (Wildman–Crippen LogP) is 5.92. The number of hydrogen-bond donors (Lipinski definition) is 2. The van der Waals surface area contributed by atoms with Gasteiger partial charge in [0.05, 0.1) is 11.4 Å². The quantitative estimate of drug-likeness (QED) is 0.364. The number of anilines is 2. The number of aromatic amines is 1. The van der Waals surface area contributed by atoms with Crippen molar-refractivity contribution in [1.82, 2.24) is 29.9 Å². The van der Waals surface area contributed by atoms with Gasteiger partial charge in [-0.15, -0.1) is 0 Å². The molecule has 4 aromatic rings. The second kappa shape index (κ2) is 9.18. The fraction of sp³-hybridized carbons (Fsp3) is 0.280. The Morgan fingerprint density at radius 3 is 2.56 bits per heavy atom. The highest BCUT2D eigenvalue weighted by molar-refractivity contribution is 5.73. The van der Waals surface area contributed by atoms with Crippen LogP contribution in [0.2, 0.25) is 0 Å². The molecule has 4 rings (SSSR count). The van der Waals surface area contributed by atoms with Crippen LogP contribution < -0.4 is 5.32 Å². The third-order valence-electron chi connectivity index (χ3n) is 5.55. The zero-order chi connectivity index (χ0) is 22.7. The van der Waals surface area contributed by atoms with E-state index in [2.05, 4.69) is 68.3 Å². The number of rotatable bonds is 8. The lowest BCUT2D eigenvalue weighted by Gasteiger charge is -2.08. The Balaban J connectivity index is 1.53. The molecule has 0 aliphatic rings. The number of nitrogens with zero attached hydrogens (tertiary/aromatic N) is 5. The zero-order valence-electron chi connectivity index (χ0n) is 19.1. The predicted molar refractivity (Wildman–Crippen MR) is 129 cm³/mol. The third kappa shape index (κ3) is 4.46. The molecule has 0 aliphatic heterocycles. The summed E-state index contributed by atoms with van der Waals surface area (Å²) in [6.07, 6.45) is 4.90. The molecule has 0 spiro atoms. The molecule has 0 radical (unpaired) electrons. The largest absolute Gasteiger partial charge is 0.323 e. The lowest BCUT2D eigenvalue weighted by molar-refractivity contribution is 0.801. The van der Waals surface area contributed by atoms with Crippen molar-refractivity contribution in [2.45, 2.75) is 47.0 Å². The molecule has 0 aliphatic carbocycles. The molecule has 0 atom stereocenters. The first kappa shape index (κ1) is 21.5. The van der Waals surface area contributed by atoms with Gasteiger partial charge in [0, 0.05) is 17.3 Å². The third-order valence-corrected chi connectivity index (χ3v) is 5.55. The number of nitrogens with one attached hydrogen (secondary N) is 2. The minimum absolute atomic E-state index is 0.659. The van der Waals surface area contributed by atoms with Crippen LogP contribution in [0.3, 0.4) is 0 Å². The van der Waals surface area contributed by atoms with Gasteiger partial charge in [-0.25, -0.2) is 14.6 Å². The zero-order valence-corrected chi connectivity index (χ0v) is 19.1. The van der Waals surface area contributed by atoms with Crippen LogP contribution >= 0.6 is 0 Å². The number of unbranched alkanes of at least 4 members (excludes halogenated alkanes) is 1. The van der Waals surface area contributed by atoms with Gasteiger partial charge in [-0.2, -0.15) is 10.2 Å². The summed E-state index contributed by atoms with van der Waals surface area (Å²) in [7, 11) is 0. The Morgan fingerprint density at radius 2 is 1.88 bits per heavy atom. The van der Waals surface area contributed by atoms with E-state index in [-0.39, 0.29) is 0 Å². The Kier molecular flexibility index (Phi) is 6.16. The summed E-state index contributed by atoms with van der Waals surface area (Å²) in [6.45, 7) is 12.4. The van der Waals surface area contributed by atoms with E-state index in [0.717, 1.165) is 40.4 Å². The molecule has 3 aromatic heterocycles. The van der Waals surface area contributed by atoms with Crippen LogP contribution in [0.25, 0.3) is 22.6 Å². The van der Waals surface area contributed by atoms with E-state index in [1.165, 1.54) is 30.3 Å². The van der Waals surface area contributed by atoms with E-state index in [9.17, 15) is 0 Å². The number of H-pyrrole nitrogens is 1. The Labute approximate surface area is 188 Å². The molecule has 32 heavy (non-hydrogen) atoms. The van der Waals surface area contributed by atoms with Crippen LogP contribution in [0.1, 0.15) is 48.7 Å². The normalized spacial score (nSPS) is 11.0. The van der Waals surface area contributed by atoms with Crippen molar-refractivity contribution in [2.24, 2.45) is 0 Å². The number of aromatic nitrogens is 6. The summed E-state index contributed by atoms with van der Waals surface area (Å²) in [6, 6.07) is 12.4. The van der Waals surface area contributed by atoms with E-state index >= 15 is 0 Å². The maximum atomic E-state index is 4.50. The lowest BCUT2D eigenvalue weighted by Crippen LogP contribution is -2.04. The smallest absolute Gasteiger partial charge is 0.159 e. The molecule has 0 unspecified atom stereocenters. The van der Waals surface area contributed by atoms with Gasteiger partial charge >= 0.3 is 0 Å². The van der Waals surface area contributed by atoms with Gasteiger partial charge in [-0.05, 0) is 56.4 Å². The fourth-order valence-corrected chi connectivity index (χ4v) is 3.72. The molecule has 0 bridgehead atoms. The van der Waals surface area contributed by atoms with E-state index in [1.54, 1.807) is 4.68 Å². The van der Waals surface area contributed by atoms with Gasteiger partial charge < -0.3 is 5.32 Å². The number of benzene rings is 1. The summed E-state index contributed by atoms with van der Waals surface area (Å²) in [5, 5.41) is 15.4. The van der Waals surface area contributed by atoms with Gasteiger partial charge in [0.25, 0.3) is 0 Å². The molecule has 0 saturated carbocycles. The Bertz CT molecular complexity index is 1230. The average Bonchev–Trinajstić information content (AvgIpc) is 3.33. The van der Waals surface area contributed by atoms with Gasteiger partial charge in [0.2, 0.25) is 0 Å². The van der Waals surface area contributed by atoms with Crippen LogP contribution in [-0.2, 0) is 0 Å². The molecule has 2 N–H and O–H groups in total. The fourth-order valence-electron chi connectivity index (χ4n) is 3.72. The standard InChI is InChI=1S/C25H29N7/c1-6-7-8-16(2)20-9-11-21(12-10-20)24-19(5)25(30-29-24)28-22-14-23(27-15-26-22)32-18(4)13-17(3)31-32/h9-15H,2,6-8H2,1,3-5H3,(H2,26,27,28,29,30). The first-order chi connectivity index (χ1) is 15.5. The average molecular weight is 428 g/mol. The van der Waals surface area contributed by atoms with Crippen molar-refractivity contribution >= 4 is 17.2 Å². The summed E-state index contributed by atoms with van der Waals surface area (Å²) in [5.74, 6) is 2.10. The molecule has 3 heterocycles. The van der Waals surface area contributed by atoms with Gasteiger partial charge in [0.15, 0.2) is 11.6 Å². The van der Waals surface area contributed by atoms with Gasteiger partial charge in [0.1, 0.15) is 12.1 Å². The maximum Gasteiger partial charge on any atom is 0.159 e. The topological polar surface area (TPSA) is 84.3 Å². The van der Waals surface area contributed by atoms with E-state index in [0.29, 0.717) is 11.6 Å². The molecule has 7 nitrogen and oxygen atoms in total. The number of aryl methyl sites for hydroxylation is 2. The molecule has 164 valence electrons. The number of hydrogen-bond acceptors (Lipinski definition) is 5. The van der Waals surface area contributed by atoms with Crippen molar-refractivity contribution in [2.75, 3.05) is 5.32 Å². The first-order valence-corrected chi connectivity index (χ1v) is 10.9.